The maximum atomic E-state index is 11.4. The number of methoxy groups -OCH3 is 1. The monoisotopic (exact) mass is 272 g/mol. The Morgan fingerprint density at radius 3 is 2.47 bits per heavy atom. The number of hydrogen-bond donors (Lipinski definition) is 3. The third-order valence-corrected chi connectivity index (χ3v) is 2.36. The minimum atomic E-state index is 0.0240. The van der Waals surface area contributed by atoms with Crippen LogP contribution in [-0.4, -0.2) is 51.8 Å². The van der Waals surface area contributed by atoms with Crippen LogP contribution in [0.1, 0.15) is 27.2 Å². The summed E-state index contributed by atoms with van der Waals surface area (Å²) in [5.41, 5.74) is 0. The summed E-state index contributed by atoms with van der Waals surface area (Å²) in [6.07, 6.45) is 0.900. The molecule has 0 unspecified atom stereocenters. The van der Waals surface area contributed by atoms with Crippen molar-refractivity contribution in [1.29, 1.82) is 0 Å². The van der Waals surface area contributed by atoms with Crippen LogP contribution < -0.4 is 16.0 Å². The molecule has 0 radical (unpaired) electrons. The number of hydrogen-bond acceptors (Lipinski definition) is 3. The second kappa shape index (κ2) is 11.8. The fraction of sp³-hybridized carbons (Fsp3) is 0.846. The van der Waals surface area contributed by atoms with Crippen LogP contribution in [0.3, 0.4) is 0 Å². The highest BCUT2D eigenvalue weighted by Gasteiger charge is 2.04. The molecule has 0 aromatic carbocycles. The molecule has 1 amide bonds. The molecule has 0 rings (SSSR count). The zero-order valence-electron chi connectivity index (χ0n) is 12.6. The summed E-state index contributed by atoms with van der Waals surface area (Å²) in [5.74, 6) is 0.872. The highest BCUT2D eigenvalue weighted by molar-refractivity contribution is 5.80. The molecule has 0 fully saturated rings. The predicted molar refractivity (Wildman–Crippen MR) is 78.3 cm³/mol. The molecule has 0 aromatic heterocycles. The van der Waals surface area contributed by atoms with Crippen molar-refractivity contribution in [2.45, 2.75) is 27.2 Å². The highest BCUT2D eigenvalue weighted by atomic mass is 16.5. The second-order valence-electron chi connectivity index (χ2n) is 4.48. The van der Waals surface area contributed by atoms with Gasteiger partial charge >= 0.3 is 0 Å². The van der Waals surface area contributed by atoms with Gasteiger partial charge in [-0.25, -0.2) is 0 Å². The SMILES string of the molecule is CCNC(=NCCCOC)NCCNC(=O)C(C)C. The van der Waals surface area contributed by atoms with Gasteiger partial charge in [-0.05, 0) is 13.3 Å². The Kier molecular flexibility index (Phi) is 11.0. The summed E-state index contributed by atoms with van der Waals surface area (Å²) in [6.45, 7) is 9.29. The molecular formula is C13H28N4O2. The molecular weight excluding hydrogens is 244 g/mol. The molecule has 0 saturated carbocycles. The number of nitrogens with one attached hydrogen (secondary N) is 3. The van der Waals surface area contributed by atoms with Crippen molar-refractivity contribution in [3.63, 3.8) is 0 Å². The maximum absolute atomic E-state index is 11.4. The molecule has 0 bridgehead atoms. The van der Waals surface area contributed by atoms with Crippen LogP contribution in [-0.2, 0) is 9.53 Å². The molecule has 3 N–H and O–H groups in total. The van der Waals surface area contributed by atoms with Crippen molar-refractivity contribution in [3.05, 3.63) is 0 Å². The first-order valence-corrected chi connectivity index (χ1v) is 6.90. The molecule has 0 aromatic rings. The molecule has 0 heterocycles. The lowest BCUT2D eigenvalue weighted by molar-refractivity contribution is -0.123. The van der Waals surface area contributed by atoms with Crippen LogP contribution in [0.15, 0.2) is 4.99 Å². The summed E-state index contributed by atoms with van der Waals surface area (Å²) in [6, 6.07) is 0. The molecule has 0 saturated heterocycles. The average molecular weight is 272 g/mol. The van der Waals surface area contributed by atoms with Gasteiger partial charge in [0.25, 0.3) is 0 Å². The van der Waals surface area contributed by atoms with Crippen molar-refractivity contribution in [2.24, 2.45) is 10.9 Å². The fourth-order valence-corrected chi connectivity index (χ4v) is 1.31. The Balaban J connectivity index is 3.84. The lowest BCUT2D eigenvalue weighted by Crippen LogP contribution is -2.42. The quantitative estimate of drug-likeness (QED) is 0.322. The minimum Gasteiger partial charge on any atom is -0.385 e. The van der Waals surface area contributed by atoms with E-state index in [4.69, 9.17) is 4.74 Å². The third-order valence-electron chi connectivity index (χ3n) is 2.36. The third kappa shape index (κ3) is 10.3. The average Bonchev–Trinajstić information content (AvgIpc) is 2.38. The Labute approximate surface area is 116 Å². The number of carbonyl (C=O) groups excluding carboxylic acids is 1. The molecule has 112 valence electrons. The summed E-state index contributed by atoms with van der Waals surface area (Å²) in [7, 11) is 1.69. The number of carbonyl (C=O) groups is 1. The topological polar surface area (TPSA) is 74.8 Å². The molecule has 6 heteroatoms. The van der Waals surface area contributed by atoms with E-state index in [0.29, 0.717) is 19.7 Å². The van der Waals surface area contributed by atoms with Crippen molar-refractivity contribution in [2.75, 3.05) is 39.9 Å². The summed E-state index contributed by atoms with van der Waals surface area (Å²) < 4.78 is 4.97. The van der Waals surface area contributed by atoms with E-state index >= 15 is 0 Å². The van der Waals surface area contributed by atoms with Gasteiger partial charge in [-0.1, -0.05) is 13.8 Å². The molecule has 0 spiro atoms. The fourth-order valence-electron chi connectivity index (χ4n) is 1.31. The number of aliphatic imine (C=N–C) groups is 1. The van der Waals surface area contributed by atoms with E-state index in [1.165, 1.54) is 0 Å². The second-order valence-corrected chi connectivity index (χ2v) is 4.48. The number of amides is 1. The Morgan fingerprint density at radius 1 is 1.21 bits per heavy atom. The van der Waals surface area contributed by atoms with Crippen LogP contribution in [0.25, 0.3) is 0 Å². The molecule has 0 atom stereocenters. The van der Waals surface area contributed by atoms with E-state index in [-0.39, 0.29) is 11.8 Å². The normalized spacial score (nSPS) is 11.5. The van der Waals surface area contributed by atoms with E-state index in [2.05, 4.69) is 20.9 Å². The summed E-state index contributed by atoms with van der Waals surface area (Å²) in [5, 5.41) is 9.18. The van der Waals surface area contributed by atoms with Gasteiger partial charge < -0.3 is 20.7 Å². The van der Waals surface area contributed by atoms with Gasteiger partial charge in [0.15, 0.2) is 5.96 Å². The van der Waals surface area contributed by atoms with Gasteiger partial charge in [-0.2, -0.15) is 0 Å². The zero-order valence-corrected chi connectivity index (χ0v) is 12.6. The standard InChI is InChI=1S/C13H28N4O2/c1-5-14-13(16-7-6-10-19-4)17-9-8-15-12(18)11(2)3/h11H,5-10H2,1-4H3,(H,15,18)(H2,14,16,17). The zero-order chi connectivity index (χ0) is 14.5. The van der Waals surface area contributed by atoms with Gasteiger partial charge in [0.05, 0.1) is 0 Å². The van der Waals surface area contributed by atoms with Crippen molar-refractivity contribution in [1.82, 2.24) is 16.0 Å². The number of guanidine groups is 1. The van der Waals surface area contributed by atoms with Crippen molar-refractivity contribution < 1.29 is 9.53 Å². The smallest absolute Gasteiger partial charge is 0.222 e. The summed E-state index contributed by atoms with van der Waals surface area (Å²) in [4.78, 5) is 15.8. The summed E-state index contributed by atoms with van der Waals surface area (Å²) >= 11 is 0. The van der Waals surface area contributed by atoms with Crippen LogP contribution in [0.2, 0.25) is 0 Å². The molecule has 0 aliphatic rings. The minimum absolute atomic E-state index is 0.0240. The van der Waals surface area contributed by atoms with Gasteiger partial charge in [-0.3, -0.25) is 9.79 Å². The van der Waals surface area contributed by atoms with Crippen LogP contribution in [0.4, 0.5) is 0 Å². The number of rotatable bonds is 9. The maximum Gasteiger partial charge on any atom is 0.222 e. The van der Waals surface area contributed by atoms with Gasteiger partial charge in [0, 0.05) is 45.8 Å². The van der Waals surface area contributed by atoms with E-state index in [0.717, 1.165) is 25.5 Å². The lowest BCUT2D eigenvalue weighted by atomic mass is 10.2. The molecule has 6 nitrogen and oxygen atoms in total. The Bertz CT molecular complexity index is 267. The predicted octanol–water partition coefficient (Wildman–Crippen LogP) is 0.350. The van der Waals surface area contributed by atoms with Gasteiger partial charge in [0.2, 0.25) is 5.91 Å². The molecule has 0 aliphatic heterocycles. The number of ether oxygens (including phenoxy) is 1. The molecule has 19 heavy (non-hydrogen) atoms. The van der Waals surface area contributed by atoms with E-state index in [9.17, 15) is 4.79 Å². The highest BCUT2D eigenvalue weighted by Crippen LogP contribution is 1.89. The first-order chi connectivity index (χ1) is 9.11. The van der Waals surface area contributed by atoms with Crippen molar-refractivity contribution >= 4 is 11.9 Å². The first kappa shape index (κ1) is 17.7. The first-order valence-electron chi connectivity index (χ1n) is 6.90. The Hall–Kier alpha value is -1.30. The van der Waals surface area contributed by atoms with E-state index in [1.54, 1.807) is 7.11 Å². The molecule has 0 aliphatic carbocycles. The lowest BCUT2D eigenvalue weighted by Gasteiger charge is -2.12. The Morgan fingerprint density at radius 2 is 1.89 bits per heavy atom. The van der Waals surface area contributed by atoms with Crippen molar-refractivity contribution in [3.8, 4) is 0 Å². The largest absolute Gasteiger partial charge is 0.385 e. The van der Waals surface area contributed by atoms with Crippen LogP contribution >= 0.6 is 0 Å². The van der Waals surface area contributed by atoms with Gasteiger partial charge in [-0.15, -0.1) is 0 Å². The van der Waals surface area contributed by atoms with E-state index < -0.39 is 0 Å². The van der Waals surface area contributed by atoms with Crippen LogP contribution in [0.5, 0.6) is 0 Å². The van der Waals surface area contributed by atoms with Crippen LogP contribution in [0, 0.1) is 5.92 Å². The van der Waals surface area contributed by atoms with E-state index in [1.807, 2.05) is 20.8 Å². The number of nitrogens with zero attached hydrogens (tertiary/aromatic N) is 1. The van der Waals surface area contributed by atoms with Gasteiger partial charge in [0.1, 0.15) is 0 Å².